The third-order valence-corrected chi connectivity index (χ3v) is 5.07. The van der Waals surface area contributed by atoms with Crippen LogP contribution in [0.1, 0.15) is 18.4 Å². The van der Waals surface area contributed by atoms with Gasteiger partial charge in [0.1, 0.15) is 0 Å². The molecule has 1 aliphatic carbocycles. The number of hydrogen-bond donors (Lipinski definition) is 1. The lowest BCUT2D eigenvalue weighted by Gasteiger charge is -2.22. The molecule has 0 saturated heterocycles. The van der Waals surface area contributed by atoms with E-state index >= 15 is 0 Å². The first-order valence-electron chi connectivity index (χ1n) is 7.87. The summed E-state index contributed by atoms with van der Waals surface area (Å²) < 4.78 is 25.3. The number of nitrogens with one attached hydrogen (secondary N) is 1. The number of hydrogen-bond acceptors (Lipinski definition) is 3. The zero-order chi connectivity index (χ0) is 17.2. The number of nitrogens with zero attached hydrogens (tertiary/aromatic N) is 1. The SMILES string of the molecule is CS(=O)(=O)N(c1ccc(NC(=O)Cc2ccccc2)cc1)C1CC1. The molecule has 2 aromatic rings. The van der Waals surface area contributed by atoms with Crippen LogP contribution in [0.5, 0.6) is 0 Å². The predicted octanol–water partition coefficient (Wildman–Crippen LogP) is 2.80. The van der Waals surface area contributed by atoms with Crippen LogP contribution in [-0.2, 0) is 21.2 Å². The van der Waals surface area contributed by atoms with Crippen LogP contribution in [-0.4, -0.2) is 26.6 Å². The number of sulfonamides is 1. The van der Waals surface area contributed by atoms with E-state index in [0.29, 0.717) is 17.8 Å². The maximum atomic E-state index is 12.1. The van der Waals surface area contributed by atoms with E-state index in [9.17, 15) is 13.2 Å². The van der Waals surface area contributed by atoms with Crippen LogP contribution in [0.15, 0.2) is 54.6 Å². The summed E-state index contributed by atoms with van der Waals surface area (Å²) in [6, 6.07) is 16.5. The molecular weight excluding hydrogens is 324 g/mol. The summed E-state index contributed by atoms with van der Waals surface area (Å²) in [5, 5.41) is 2.83. The van der Waals surface area contributed by atoms with Crippen molar-refractivity contribution >= 4 is 27.3 Å². The second-order valence-corrected chi connectivity index (χ2v) is 7.91. The van der Waals surface area contributed by atoms with Gasteiger partial charge < -0.3 is 5.32 Å². The van der Waals surface area contributed by atoms with Crippen LogP contribution in [0.4, 0.5) is 11.4 Å². The van der Waals surface area contributed by atoms with Gasteiger partial charge in [-0.15, -0.1) is 0 Å². The summed E-state index contributed by atoms with van der Waals surface area (Å²) >= 11 is 0. The molecule has 0 aromatic heterocycles. The first-order valence-corrected chi connectivity index (χ1v) is 9.71. The fraction of sp³-hybridized carbons (Fsp3) is 0.278. The van der Waals surface area contributed by atoms with Crippen LogP contribution in [0, 0.1) is 0 Å². The smallest absolute Gasteiger partial charge is 0.232 e. The molecule has 0 atom stereocenters. The van der Waals surface area contributed by atoms with Crippen molar-refractivity contribution in [1.82, 2.24) is 0 Å². The highest BCUT2D eigenvalue weighted by Crippen LogP contribution is 2.34. The van der Waals surface area contributed by atoms with Crippen LogP contribution >= 0.6 is 0 Å². The lowest BCUT2D eigenvalue weighted by atomic mass is 10.1. The molecule has 24 heavy (non-hydrogen) atoms. The molecule has 1 aliphatic rings. The number of carbonyl (C=O) groups excluding carboxylic acids is 1. The largest absolute Gasteiger partial charge is 0.326 e. The number of carbonyl (C=O) groups is 1. The van der Waals surface area contributed by atoms with Crippen molar-refractivity contribution in [3.05, 3.63) is 60.2 Å². The number of rotatable bonds is 6. The Hall–Kier alpha value is -2.34. The molecule has 0 heterocycles. The quantitative estimate of drug-likeness (QED) is 0.876. The standard InChI is InChI=1S/C18H20N2O3S/c1-24(22,23)20(17-11-12-17)16-9-7-15(8-10-16)19-18(21)13-14-5-3-2-4-6-14/h2-10,17H,11-13H2,1H3,(H,19,21). The molecule has 0 unspecified atom stereocenters. The van der Waals surface area contributed by atoms with Gasteiger partial charge >= 0.3 is 0 Å². The summed E-state index contributed by atoms with van der Waals surface area (Å²) in [5.74, 6) is -0.101. The number of anilines is 2. The minimum absolute atomic E-state index is 0.0681. The molecule has 1 saturated carbocycles. The molecule has 6 heteroatoms. The highest BCUT2D eigenvalue weighted by Gasteiger charge is 2.35. The fourth-order valence-corrected chi connectivity index (χ4v) is 3.92. The van der Waals surface area contributed by atoms with E-state index in [0.717, 1.165) is 18.4 Å². The molecule has 5 nitrogen and oxygen atoms in total. The Labute approximate surface area is 142 Å². The van der Waals surface area contributed by atoms with Crippen LogP contribution in [0.3, 0.4) is 0 Å². The Morgan fingerprint density at radius 1 is 1.08 bits per heavy atom. The minimum Gasteiger partial charge on any atom is -0.326 e. The van der Waals surface area contributed by atoms with Crippen LogP contribution in [0.2, 0.25) is 0 Å². The highest BCUT2D eigenvalue weighted by molar-refractivity contribution is 7.92. The predicted molar refractivity (Wildman–Crippen MR) is 95.6 cm³/mol. The lowest BCUT2D eigenvalue weighted by molar-refractivity contribution is -0.115. The minimum atomic E-state index is -3.29. The van der Waals surface area contributed by atoms with Crippen molar-refractivity contribution in [2.45, 2.75) is 25.3 Å². The van der Waals surface area contributed by atoms with Crippen molar-refractivity contribution in [2.75, 3.05) is 15.9 Å². The van der Waals surface area contributed by atoms with E-state index in [4.69, 9.17) is 0 Å². The maximum absolute atomic E-state index is 12.1. The zero-order valence-electron chi connectivity index (χ0n) is 13.5. The highest BCUT2D eigenvalue weighted by atomic mass is 32.2. The molecule has 1 fully saturated rings. The van der Waals surface area contributed by atoms with E-state index in [2.05, 4.69) is 5.32 Å². The van der Waals surface area contributed by atoms with Crippen molar-refractivity contribution in [3.8, 4) is 0 Å². The number of benzene rings is 2. The van der Waals surface area contributed by atoms with Crippen LogP contribution in [0.25, 0.3) is 0 Å². The van der Waals surface area contributed by atoms with Gasteiger partial charge in [0, 0.05) is 11.7 Å². The lowest BCUT2D eigenvalue weighted by Crippen LogP contribution is -2.31. The van der Waals surface area contributed by atoms with E-state index < -0.39 is 10.0 Å². The van der Waals surface area contributed by atoms with E-state index in [1.807, 2.05) is 30.3 Å². The maximum Gasteiger partial charge on any atom is 0.232 e. The van der Waals surface area contributed by atoms with Gasteiger partial charge in [0.05, 0.1) is 18.4 Å². The summed E-state index contributed by atoms with van der Waals surface area (Å²) in [6.07, 6.45) is 3.31. The third-order valence-electron chi connectivity index (χ3n) is 3.85. The van der Waals surface area contributed by atoms with Gasteiger partial charge in [0.25, 0.3) is 0 Å². The van der Waals surface area contributed by atoms with Gasteiger partial charge in [-0.3, -0.25) is 9.10 Å². The van der Waals surface area contributed by atoms with Crippen molar-refractivity contribution in [3.63, 3.8) is 0 Å². The molecule has 1 N–H and O–H groups in total. The van der Waals surface area contributed by atoms with E-state index in [-0.39, 0.29) is 11.9 Å². The monoisotopic (exact) mass is 344 g/mol. The fourth-order valence-electron chi connectivity index (χ4n) is 2.66. The van der Waals surface area contributed by atoms with Gasteiger partial charge in [0.15, 0.2) is 0 Å². The van der Waals surface area contributed by atoms with Gasteiger partial charge in [-0.05, 0) is 42.7 Å². The average Bonchev–Trinajstić information content (AvgIpc) is 3.33. The first-order chi connectivity index (χ1) is 11.4. The Morgan fingerprint density at radius 3 is 2.25 bits per heavy atom. The van der Waals surface area contributed by atoms with Crippen LogP contribution < -0.4 is 9.62 Å². The molecule has 126 valence electrons. The average molecular weight is 344 g/mol. The molecule has 0 spiro atoms. The number of amides is 1. The molecule has 3 rings (SSSR count). The molecular formula is C18H20N2O3S. The second kappa shape index (κ2) is 6.65. The van der Waals surface area contributed by atoms with Gasteiger partial charge in [-0.1, -0.05) is 30.3 Å². The Bertz CT molecular complexity index is 813. The Morgan fingerprint density at radius 2 is 1.71 bits per heavy atom. The Balaban J connectivity index is 1.67. The molecule has 0 aliphatic heterocycles. The normalized spacial score (nSPS) is 14.2. The van der Waals surface area contributed by atoms with Crippen molar-refractivity contribution in [2.24, 2.45) is 0 Å². The summed E-state index contributed by atoms with van der Waals surface area (Å²) in [6.45, 7) is 0. The Kier molecular flexibility index (Phi) is 4.57. The van der Waals surface area contributed by atoms with Crippen molar-refractivity contribution in [1.29, 1.82) is 0 Å². The summed E-state index contributed by atoms with van der Waals surface area (Å²) in [4.78, 5) is 12.1. The second-order valence-electron chi connectivity index (χ2n) is 6.05. The van der Waals surface area contributed by atoms with E-state index in [1.165, 1.54) is 10.6 Å². The zero-order valence-corrected chi connectivity index (χ0v) is 14.3. The topological polar surface area (TPSA) is 66.5 Å². The van der Waals surface area contributed by atoms with Gasteiger partial charge in [0.2, 0.25) is 15.9 Å². The molecule has 1 amide bonds. The molecule has 2 aromatic carbocycles. The molecule has 0 radical (unpaired) electrons. The summed E-state index contributed by atoms with van der Waals surface area (Å²) in [7, 11) is -3.29. The van der Waals surface area contributed by atoms with Gasteiger partial charge in [-0.2, -0.15) is 0 Å². The van der Waals surface area contributed by atoms with Gasteiger partial charge in [-0.25, -0.2) is 8.42 Å². The first kappa shape index (κ1) is 16.5. The van der Waals surface area contributed by atoms with Crippen molar-refractivity contribution < 1.29 is 13.2 Å². The van der Waals surface area contributed by atoms with E-state index in [1.54, 1.807) is 24.3 Å². The third kappa shape index (κ3) is 4.14. The molecule has 0 bridgehead atoms. The summed E-state index contributed by atoms with van der Waals surface area (Å²) in [5.41, 5.74) is 2.24.